The number of carbonyl (C=O) groups is 1. The average molecular weight is 240 g/mol. The summed E-state index contributed by atoms with van der Waals surface area (Å²) >= 11 is 0. The number of carbonyl (C=O) groups excluding carboxylic acids is 1. The van der Waals surface area contributed by atoms with E-state index in [1.54, 1.807) is 0 Å². The molecule has 1 atom stereocenters. The number of rotatable bonds is 4. The number of hydrogen-bond donors (Lipinski definition) is 1. The highest BCUT2D eigenvalue weighted by molar-refractivity contribution is 5.81. The van der Waals surface area contributed by atoms with Crippen LogP contribution in [0.5, 0.6) is 0 Å². The van der Waals surface area contributed by atoms with E-state index in [1.807, 2.05) is 4.90 Å². The molecule has 3 heteroatoms. The van der Waals surface area contributed by atoms with Crippen molar-refractivity contribution in [2.45, 2.75) is 53.0 Å². The summed E-state index contributed by atoms with van der Waals surface area (Å²) in [7, 11) is 0. The first-order chi connectivity index (χ1) is 7.91. The first-order valence-electron chi connectivity index (χ1n) is 6.96. The highest BCUT2D eigenvalue weighted by atomic mass is 16.2. The minimum Gasteiger partial charge on any atom is -0.341 e. The summed E-state index contributed by atoms with van der Waals surface area (Å²) in [5, 5.41) is 0. The van der Waals surface area contributed by atoms with Crippen molar-refractivity contribution < 1.29 is 4.79 Å². The van der Waals surface area contributed by atoms with Gasteiger partial charge in [0.05, 0.1) is 6.04 Å². The molecule has 1 rings (SSSR count). The Morgan fingerprint density at radius 2 is 1.76 bits per heavy atom. The number of piperidine rings is 1. The molecule has 1 saturated heterocycles. The van der Waals surface area contributed by atoms with Crippen LogP contribution in [0.2, 0.25) is 0 Å². The van der Waals surface area contributed by atoms with Gasteiger partial charge in [0.25, 0.3) is 0 Å². The van der Waals surface area contributed by atoms with Crippen LogP contribution in [0.15, 0.2) is 0 Å². The largest absolute Gasteiger partial charge is 0.341 e. The minimum absolute atomic E-state index is 0.154. The number of hydrogen-bond acceptors (Lipinski definition) is 2. The summed E-state index contributed by atoms with van der Waals surface area (Å²) in [5.41, 5.74) is 5.95. The summed E-state index contributed by atoms with van der Waals surface area (Å²) in [6.45, 7) is 10.6. The fourth-order valence-electron chi connectivity index (χ4n) is 2.63. The van der Waals surface area contributed by atoms with Crippen LogP contribution in [0.25, 0.3) is 0 Å². The van der Waals surface area contributed by atoms with Gasteiger partial charge in [0.1, 0.15) is 0 Å². The van der Waals surface area contributed by atoms with Gasteiger partial charge >= 0.3 is 0 Å². The van der Waals surface area contributed by atoms with Gasteiger partial charge in [0.2, 0.25) is 5.91 Å². The zero-order valence-electron chi connectivity index (χ0n) is 11.8. The summed E-state index contributed by atoms with van der Waals surface area (Å²) in [6, 6.07) is -0.300. The zero-order chi connectivity index (χ0) is 13.0. The number of amides is 1. The van der Waals surface area contributed by atoms with Crippen LogP contribution in [0.4, 0.5) is 0 Å². The van der Waals surface area contributed by atoms with Crippen LogP contribution in [0.1, 0.15) is 47.0 Å². The van der Waals surface area contributed by atoms with Gasteiger partial charge in [-0.05, 0) is 37.0 Å². The van der Waals surface area contributed by atoms with E-state index >= 15 is 0 Å². The third-order valence-electron chi connectivity index (χ3n) is 3.84. The van der Waals surface area contributed by atoms with Crippen molar-refractivity contribution in [1.82, 2.24) is 4.90 Å². The lowest BCUT2D eigenvalue weighted by Crippen LogP contribution is -2.48. The van der Waals surface area contributed by atoms with Gasteiger partial charge in [-0.3, -0.25) is 4.79 Å². The van der Waals surface area contributed by atoms with Crippen LogP contribution in [-0.2, 0) is 4.79 Å². The molecule has 0 unspecified atom stereocenters. The van der Waals surface area contributed by atoms with Gasteiger partial charge < -0.3 is 10.6 Å². The van der Waals surface area contributed by atoms with Crippen molar-refractivity contribution in [3.8, 4) is 0 Å². The molecule has 3 nitrogen and oxygen atoms in total. The van der Waals surface area contributed by atoms with Crippen molar-refractivity contribution in [2.75, 3.05) is 13.1 Å². The Labute approximate surface area is 106 Å². The standard InChI is InChI=1S/C14H28N2O/c1-10(2)9-13(15)14(17)16-7-5-12(6-8-16)11(3)4/h10-13H,5-9,15H2,1-4H3/t13-/m1/s1. The Morgan fingerprint density at radius 3 is 2.18 bits per heavy atom. The lowest BCUT2D eigenvalue weighted by atomic mass is 9.86. The molecule has 0 aromatic carbocycles. The highest BCUT2D eigenvalue weighted by Gasteiger charge is 2.27. The third kappa shape index (κ3) is 4.30. The second-order valence-electron chi connectivity index (χ2n) is 6.14. The van der Waals surface area contributed by atoms with E-state index in [9.17, 15) is 4.79 Å². The van der Waals surface area contributed by atoms with E-state index in [0.29, 0.717) is 5.92 Å². The van der Waals surface area contributed by atoms with Crippen molar-refractivity contribution in [1.29, 1.82) is 0 Å². The van der Waals surface area contributed by atoms with Crippen LogP contribution < -0.4 is 5.73 Å². The molecule has 0 spiro atoms. The Hall–Kier alpha value is -0.570. The monoisotopic (exact) mass is 240 g/mol. The fourth-order valence-corrected chi connectivity index (χ4v) is 2.63. The molecular formula is C14H28N2O. The normalized spacial score (nSPS) is 20.1. The molecule has 1 heterocycles. The number of nitrogens with two attached hydrogens (primary N) is 1. The lowest BCUT2D eigenvalue weighted by Gasteiger charge is -2.35. The van der Waals surface area contributed by atoms with Gasteiger partial charge in [0, 0.05) is 13.1 Å². The van der Waals surface area contributed by atoms with E-state index < -0.39 is 0 Å². The van der Waals surface area contributed by atoms with Crippen molar-refractivity contribution in [3.05, 3.63) is 0 Å². The van der Waals surface area contributed by atoms with Gasteiger partial charge in [-0.25, -0.2) is 0 Å². The Balaban J connectivity index is 2.40. The molecule has 2 N–H and O–H groups in total. The molecular weight excluding hydrogens is 212 g/mol. The molecule has 17 heavy (non-hydrogen) atoms. The first kappa shape index (κ1) is 14.5. The topological polar surface area (TPSA) is 46.3 Å². The number of likely N-dealkylation sites (tertiary alicyclic amines) is 1. The second kappa shape index (κ2) is 6.39. The average Bonchev–Trinajstić information content (AvgIpc) is 2.27. The SMILES string of the molecule is CC(C)C[C@@H](N)C(=O)N1CCC(C(C)C)CC1. The van der Waals surface area contributed by atoms with Crippen LogP contribution >= 0.6 is 0 Å². The third-order valence-corrected chi connectivity index (χ3v) is 3.84. The molecule has 0 aliphatic carbocycles. The molecule has 0 saturated carbocycles. The van der Waals surface area contributed by atoms with Gasteiger partial charge in [-0.15, -0.1) is 0 Å². The zero-order valence-corrected chi connectivity index (χ0v) is 11.8. The molecule has 100 valence electrons. The van der Waals surface area contributed by atoms with Crippen LogP contribution in [0.3, 0.4) is 0 Å². The molecule has 0 bridgehead atoms. The summed E-state index contributed by atoms with van der Waals surface area (Å²) in [6.07, 6.45) is 3.07. The maximum atomic E-state index is 12.1. The van der Waals surface area contributed by atoms with Gasteiger partial charge in [0.15, 0.2) is 0 Å². The smallest absolute Gasteiger partial charge is 0.239 e. The van der Waals surface area contributed by atoms with Gasteiger partial charge in [-0.2, -0.15) is 0 Å². The summed E-state index contributed by atoms with van der Waals surface area (Å²) in [5.74, 6) is 2.15. The fraction of sp³-hybridized carbons (Fsp3) is 0.929. The maximum absolute atomic E-state index is 12.1. The van der Waals surface area contributed by atoms with Crippen molar-refractivity contribution in [3.63, 3.8) is 0 Å². The molecule has 1 aliphatic rings. The Morgan fingerprint density at radius 1 is 1.24 bits per heavy atom. The first-order valence-corrected chi connectivity index (χ1v) is 6.96. The Bertz CT molecular complexity index is 243. The quantitative estimate of drug-likeness (QED) is 0.819. The molecule has 1 fully saturated rings. The molecule has 1 amide bonds. The van der Waals surface area contributed by atoms with E-state index in [1.165, 1.54) is 0 Å². The molecule has 1 aliphatic heterocycles. The van der Waals surface area contributed by atoms with Crippen LogP contribution in [-0.4, -0.2) is 29.9 Å². The predicted molar refractivity (Wildman–Crippen MR) is 71.6 cm³/mol. The molecule has 0 radical (unpaired) electrons. The molecule has 0 aromatic rings. The van der Waals surface area contributed by atoms with Gasteiger partial charge in [-0.1, -0.05) is 27.7 Å². The molecule has 0 aromatic heterocycles. The van der Waals surface area contributed by atoms with E-state index in [2.05, 4.69) is 27.7 Å². The lowest BCUT2D eigenvalue weighted by molar-refractivity contribution is -0.134. The maximum Gasteiger partial charge on any atom is 0.239 e. The summed E-state index contributed by atoms with van der Waals surface area (Å²) in [4.78, 5) is 14.1. The van der Waals surface area contributed by atoms with E-state index in [-0.39, 0.29) is 11.9 Å². The van der Waals surface area contributed by atoms with Crippen LogP contribution in [0, 0.1) is 17.8 Å². The second-order valence-corrected chi connectivity index (χ2v) is 6.14. The van der Waals surface area contributed by atoms with E-state index in [4.69, 9.17) is 5.73 Å². The van der Waals surface area contributed by atoms with E-state index in [0.717, 1.165) is 44.2 Å². The predicted octanol–water partition coefficient (Wildman–Crippen LogP) is 2.25. The highest BCUT2D eigenvalue weighted by Crippen LogP contribution is 2.24. The summed E-state index contributed by atoms with van der Waals surface area (Å²) < 4.78 is 0. The van der Waals surface area contributed by atoms with Crippen molar-refractivity contribution in [2.24, 2.45) is 23.5 Å². The Kier molecular flexibility index (Phi) is 5.44. The number of nitrogens with zero attached hydrogens (tertiary/aromatic N) is 1. The minimum atomic E-state index is -0.300. The van der Waals surface area contributed by atoms with Crippen molar-refractivity contribution >= 4 is 5.91 Å².